The van der Waals surface area contributed by atoms with E-state index < -0.39 is 15.8 Å². The lowest BCUT2D eigenvalue weighted by Gasteiger charge is -2.54. The van der Waals surface area contributed by atoms with Crippen molar-refractivity contribution in [3.8, 4) is 11.5 Å². The summed E-state index contributed by atoms with van der Waals surface area (Å²) in [5.41, 5.74) is 0.371. The molecular formula is C35H46FN7O6S. The zero-order valence-corrected chi connectivity index (χ0v) is 29.8. The maximum atomic E-state index is 14.3. The zero-order chi connectivity index (χ0) is 35.6. The molecule has 1 amide bonds. The van der Waals surface area contributed by atoms with E-state index in [-0.39, 0.29) is 51.3 Å². The highest BCUT2D eigenvalue weighted by atomic mass is 32.2. The number of amides is 1. The summed E-state index contributed by atoms with van der Waals surface area (Å²) in [6, 6.07) is 4.87. The first-order valence-corrected chi connectivity index (χ1v) is 18.7. The number of likely N-dealkylation sites (tertiary alicyclic amines) is 1. The Bertz CT molecular complexity index is 1850. The molecule has 6 rings (SSSR count). The van der Waals surface area contributed by atoms with E-state index in [9.17, 15) is 22.4 Å². The smallest absolute Gasteiger partial charge is 0.257 e. The van der Waals surface area contributed by atoms with Crippen LogP contribution >= 0.6 is 0 Å². The molecule has 3 aliphatic heterocycles. The Balaban J connectivity index is 0.999. The number of hydrogen-bond acceptors (Lipinski definition) is 10. The molecule has 0 radical (unpaired) electrons. The van der Waals surface area contributed by atoms with Crippen LogP contribution in [0.4, 0.5) is 10.2 Å². The molecule has 0 bridgehead atoms. The molecule has 2 atom stereocenters. The highest BCUT2D eigenvalue weighted by Crippen LogP contribution is 2.45. The van der Waals surface area contributed by atoms with Crippen LogP contribution in [0, 0.1) is 18.2 Å². The molecule has 3 fully saturated rings. The largest absolute Gasteiger partial charge is 0.451 e. The van der Waals surface area contributed by atoms with E-state index in [2.05, 4.69) is 29.5 Å². The molecule has 2 aromatic heterocycles. The van der Waals surface area contributed by atoms with Gasteiger partial charge in [0, 0.05) is 55.9 Å². The van der Waals surface area contributed by atoms with Gasteiger partial charge < -0.3 is 29.2 Å². The van der Waals surface area contributed by atoms with Gasteiger partial charge in [0.25, 0.3) is 5.91 Å². The molecule has 1 spiro atoms. The minimum absolute atomic E-state index is 0.0337. The predicted octanol–water partition coefficient (Wildman–Crippen LogP) is 3.70. The van der Waals surface area contributed by atoms with Gasteiger partial charge in [0.15, 0.2) is 11.6 Å². The highest BCUT2D eigenvalue weighted by molar-refractivity contribution is 7.89. The van der Waals surface area contributed by atoms with Crippen molar-refractivity contribution >= 4 is 21.7 Å². The Labute approximate surface area is 292 Å². The van der Waals surface area contributed by atoms with E-state index in [0.29, 0.717) is 36.7 Å². The van der Waals surface area contributed by atoms with Crippen LogP contribution in [0.1, 0.15) is 62.4 Å². The summed E-state index contributed by atoms with van der Waals surface area (Å²) in [6.45, 7) is 12.4. The van der Waals surface area contributed by atoms with Crippen molar-refractivity contribution in [2.45, 2.75) is 76.5 Å². The number of rotatable bonds is 11. The molecule has 0 saturated carbocycles. The first-order valence-electron chi connectivity index (χ1n) is 17.3. The van der Waals surface area contributed by atoms with Gasteiger partial charge in [-0.1, -0.05) is 0 Å². The van der Waals surface area contributed by atoms with Gasteiger partial charge in [0.1, 0.15) is 22.8 Å². The van der Waals surface area contributed by atoms with Crippen molar-refractivity contribution in [1.82, 2.24) is 29.5 Å². The van der Waals surface area contributed by atoms with Crippen LogP contribution in [-0.2, 0) is 14.8 Å². The number of nitrogens with one attached hydrogen (secondary N) is 2. The number of carbonyl (C=O) groups is 1. The highest BCUT2D eigenvalue weighted by Gasteiger charge is 2.46. The number of benzene rings is 1. The number of aromatic nitrogens is 3. The van der Waals surface area contributed by atoms with Gasteiger partial charge in [-0.3, -0.25) is 9.59 Å². The SMILES string of the molecule is CCN(C(=O)c1cc(F)ccc1Oc1cncnc1N1CC2(CCN(C[C@@H]3CC[C@@H](NS(=O)(=O)c4c[nH]c(=O)cc4C)CO3)CC2)C1)C(C)C. The Morgan fingerprint density at radius 2 is 1.96 bits per heavy atom. The second-order valence-corrected chi connectivity index (χ2v) is 15.7. The van der Waals surface area contributed by atoms with Gasteiger partial charge in [-0.25, -0.2) is 27.5 Å². The van der Waals surface area contributed by atoms with Gasteiger partial charge in [-0.15, -0.1) is 0 Å². The minimum atomic E-state index is -3.78. The fourth-order valence-corrected chi connectivity index (χ4v) is 8.75. The minimum Gasteiger partial charge on any atom is -0.451 e. The Morgan fingerprint density at radius 1 is 1.20 bits per heavy atom. The fraction of sp³-hybridized carbons (Fsp3) is 0.543. The number of aromatic amines is 1. The van der Waals surface area contributed by atoms with Crippen molar-refractivity contribution < 1.29 is 27.1 Å². The third-order valence-electron chi connectivity index (χ3n) is 10.1. The first-order chi connectivity index (χ1) is 23.9. The van der Waals surface area contributed by atoms with Gasteiger partial charge in [0.05, 0.1) is 24.5 Å². The summed E-state index contributed by atoms with van der Waals surface area (Å²) in [6.07, 6.45) is 7.80. The lowest BCUT2D eigenvalue weighted by atomic mass is 9.72. The molecule has 3 saturated heterocycles. The van der Waals surface area contributed by atoms with Crippen molar-refractivity contribution in [2.75, 3.05) is 50.8 Å². The molecule has 13 nitrogen and oxygen atoms in total. The summed E-state index contributed by atoms with van der Waals surface area (Å²) in [7, 11) is -3.78. The van der Waals surface area contributed by atoms with Crippen molar-refractivity contribution in [2.24, 2.45) is 5.41 Å². The van der Waals surface area contributed by atoms with Crippen LogP contribution in [0.3, 0.4) is 0 Å². The Kier molecular flexibility index (Phi) is 10.6. The molecular weight excluding hydrogens is 665 g/mol. The van der Waals surface area contributed by atoms with Gasteiger partial charge in [-0.05, 0) is 90.2 Å². The van der Waals surface area contributed by atoms with Crippen LogP contribution < -0.4 is 19.9 Å². The average Bonchev–Trinajstić information content (AvgIpc) is 3.06. The van der Waals surface area contributed by atoms with Crippen molar-refractivity contribution in [3.05, 3.63) is 70.3 Å². The molecule has 1 aromatic carbocycles. The number of nitrogens with zero attached hydrogens (tertiary/aromatic N) is 5. The molecule has 270 valence electrons. The zero-order valence-electron chi connectivity index (χ0n) is 29.0. The van der Waals surface area contributed by atoms with Gasteiger partial charge in [-0.2, -0.15) is 0 Å². The predicted molar refractivity (Wildman–Crippen MR) is 186 cm³/mol. The summed E-state index contributed by atoms with van der Waals surface area (Å²) >= 11 is 0. The lowest BCUT2D eigenvalue weighted by molar-refractivity contribution is -0.0299. The second-order valence-electron chi connectivity index (χ2n) is 14.0. The number of aryl methyl sites for hydroxylation is 1. The Hall–Kier alpha value is -3.92. The van der Waals surface area contributed by atoms with Crippen molar-refractivity contribution in [1.29, 1.82) is 0 Å². The van der Waals surface area contributed by atoms with E-state index in [4.69, 9.17) is 9.47 Å². The molecule has 2 N–H and O–H groups in total. The number of ether oxygens (including phenoxy) is 2. The van der Waals surface area contributed by atoms with Crippen LogP contribution in [0.15, 0.2) is 52.7 Å². The van der Waals surface area contributed by atoms with Crippen LogP contribution in [0.25, 0.3) is 0 Å². The number of anilines is 1. The molecule has 5 heterocycles. The molecule has 50 heavy (non-hydrogen) atoms. The summed E-state index contributed by atoms with van der Waals surface area (Å²) in [5, 5.41) is 0. The third-order valence-corrected chi connectivity index (χ3v) is 11.7. The normalized spacial score (nSPS) is 20.9. The quantitative estimate of drug-likeness (QED) is 0.302. The molecule has 3 aliphatic rings. The molecule has 0 aliphatic carbocycles. The third kappa shape index (κ3) is 7.85. The monoisotopic (exact) mass is 711 g/mol. The number of halogens is 1. The summed E-state index contributed by atoms with van der Waals surface area (Å²) in [5.74, 6) is 0.501. The maximum absolute atomic E-state index is 14.3. The van der Waals surface area contributed by atoms with Crippen LogP contribution in [-0.4, -0.2) is 103 Å². The van der Waals surface area contributed by atoms with E-state index in [0.717, 1.165) is 52.0 Å². The van der Waals surface area contributed by atoms with Gasteiger partial charge in [0.2, 0.25) is 15.6 Å². The topological polar surface area (TPSA) is 150 Å². The average molecular weight is 712 g/mol. The standard InChI is InChI=1S/C35H46FN7O6S/c1-5-43(23(2)3)34(45)28-15-25(36)6-9-29(28)49-30-16-37-22-39-33(30)42-20-35(21-42)10-12-41(13-11-35)18-27-8-7-26(19-48-27)40-50(46,47)31-17-38-32(44)14-24(31)4/h6,9,14-17,22-23,26-27,40H,5,7-8,10-13,18-21H2,1-4H3,(H,38,44)/t26-,27+/m1/s1. The fourth-order valence-electron chi connectivity index (χ4n) is 7.30. The number of pyridine rings is 1. The molecule has 3 aromatic rings. The number of carbonyl (C=O) groups excluding carboxylic acids is 1. The summed E-state index contributed by atoms with van der Waals surface area (Å²) < 4.78 is 55.2. The van der Waals surface area contributed by atoms with E-state index in [1.165, 1.54) is 36.8 Å². The van der Waals surface area contributed by atoms with E-state index in [1.54, 1.807) is 18.0 Å². The first kappa shape index (κ1) is 35.9. The van der Waals surface area contributed by atoms with E-state index in [1.807, 2.05) is 20.8 Å². The van der Waals surface area contributed by atoms with Crippen LogP contribution in [0.2, 0.25) is 0 Å². The number of hydrogen-bond donors (Lipinski definition) is 2. The Morgan fingerprint density at radius 3 is 2.62 bits per heavy atom. The van der Waals surface area contributed by atoms with Gasteiger partial charge >= 0.3 is 0 Å². The molecule has 0 unspecified atom stereocenters. The van der Waals surface area contributed by atoms with E-state index >= 15 is 0 Å². The molecule has 15 heteroatoms. The maximum Gasteiger partial charge on any atom is 0.257 e. The number of sulfonamides is 1. The number of piperidine rings is 1. The summed E-state index contributed by atoms with van der Waals surface area (Å²) in [4.78, 5) is 42.3. The lowest BCUT2D eigenvalue weighted by Crippen LogP contribution is -2.61. The number of H-pyrrole nitrogens is 1. The van der Waals surface area contributed by atoms with Crippen molar-refractivity contribution in [3.63, 3.8) is 0 Å². The second kappa shape index (κ2) is 14.7. The van der Waals surface area contributed by atoms with Crippen LogP contribution in [0.5, 0.6) is 11.5 Å².